The predicted molar refractivity (Wildman–Crippen MR) is 79.8 cm³/mol. The number of fused-ring (bicyclic) bond motifs is 1. The number of hydrogen-bond acceptors (Lipinski definition) is 6. The summed E-state index contributed by atoms with van der Waals surface area (Å²) in [5.41, 5.74) is 0. The van der Waals surface area contributed by atoms with Crippen LogP contribution in [0.5, 0.6) is 0 Å². The first-order valence-corrected chi connectivity index (χ1v) is 9.33. The topological polar surface area (TPSA) is 85.5 Å². The highest BCUT2D eigenvalue weighted by molar-refractivity contribution is 7.89. The van der Waals surface area contributed by atoms with Crippen LogP contribution in [0.4, 0.5) is 0 Å². The van der Waals surface area contributed by atoms with Gasteiger partial charge in [-0.15, -0.1) is 0 Å². The molecule has 0 spiro atoms. The van der Waals surface area contributed by atoms with E-state index in [4.69, 9.17) is 9.26 Å². The van der Waals surface area contributed by atoms with Crippen LogP contribution in [-0.4, -0.2) is 54.9 Å². The van der Waals surface area contributed by atoms with Crippen LogP contribution in [-0.2, 0) is 14.8 Å². The van der Waals surface area contributed by atoms with Crippen molar-refractivity contribution in [2.24, 2.45) is 17.8 Å². The van der Waals surface area contributed by atoms with Gasteiger partial charge in [-0.2, -0.15) is 4.98 Å². The van der Waals surface area contributed by atoms with E-state index < -0.39 is 10.0 Å². The minimum atomic E-state index is -3.21. The Labute approximate surface area is 131 Å². The number of rotatable bonds is 4. The van der Waals surface area contributed by atoms with Crippen LogP contribution < -0.4 is 0 Å². The number of hydrogen-bond donors (Lipinski definition) is 0. The Morgan fingerprint density at radius 1 is 1.32 bits per heavy atom. The van der Waals surface area contributed by atoms with E-state index in [0.29, 0.717) is 38.0 Å². The summed E-state index contributed by atoms with van der Waals surface area (Å²) in [6.45, 7) is 7.80. The first-order chi connectivity index (χ1) is 10.4. The van der Waals surface area contributed by atoms with E-state index in [0.717, 1.165) is 0 Å². The fraction of sp³-hybridized carbons (Fsp3) is 0.857. The molecule has 0 radical (unpaired) electrons. The number of ether oxygens (including phenoxy) is 1. The molecule has 0 aromatic carbocycles. The van der Waals surface area contributed by atoms with Crippen LogP contribution in [0.1, 0.15) is 31.5 Å². The minimum Gasteiger partial charge on any atom is -0.380 e. The Morgan fingerprint density at radius 2 is 2.09 bits per heavy atom. The molecule has 0 unspecified atom stereocenters. The van der Waals surface area contributed by atoms with Crippen molar-refractivity contribution in [3.05, 3.63) is 11.7 Å². The number of aromatic nitrogens is 2. The second kappa shape index (κ2) is 5.90. The van der Waals surface area contributed by atoms with E-state index >= 15 is 0 Å². The van der Waals surface area contributed by atoms with Crippen LogP contribution in [0, 0.1) is 24.7 Å². The summed E-state index contributed by atoms with van der Waals surface area (Å²) in [5.74, 6) is 1.85. The lowest BCUT2D eigenvalue weighted by molar-refractivity contribution is 0.00994. The zero-order valence-electron chi connectivity index (χ0n) is 13.2. The maximum atomic E-state index is 12.5. The van der Waals surface area contributed by atoms with Crippen LogP contribution in [0.25, 0.3) is 0 Å². The Bertz CT molecular complexity index is 628. The highest BCUT2D eigenvalue weighted by Gasteiger charge is 2.46. The van der Waals surface area contributed by atoms with E-state index in [1.165, 1.54) is 0 Å². The van der Waals surface area contributed by atoms with Gasteiger partial charge in [0.15, 0.2) is 5.82 Å². The summed E-state index contributed by atoms with van der Waals surface area (Å²) in [6, 6.07) is 0. The first-order valence-electron chi connectivity index (χ1n) is 7.72. The molecule has 0 bridgehead atoms. The van der Waals surface area contributed by atoms with E-state index in [9.17, 15) is 8.42 Å². The molecule has 7 nitrogen and oxygen atoms in total. The molecule has 3 atom stereocenters. The second-order valence-electron chi connectivity index (χ2n) is 6.74. The number of aryl methyl sites for hydroxylation is 1. The number of nitrogens with zero attached hydrogens (tertiary/aromatic N) is 3. The van der Waals surface area contributed by atoms with Crippen molar-refractivity contribution in [3.63, 3.8) is 0 Å². The molecule has 0 amide bonds. The molecule has 0 aliphatic carbocycles. The van der Waals surface area contributed by atoms with E-state index in [-0.39, 0.29) is 29.4 Å². The summed E-state index contributed by atoms with van der Waals surface area (Å²) in [5, 5.41) is 3.84. The molecule has 3 heterocycles. The molecule has 2 aliphatic heterocycles. The lowest BCUT2D eigenvalue weighted by Crippen LogP contribution is -2.34. The molecule has 2 saturated heterocycles. The van der Waals surface area contributed by atoms with Crippen LogP contribution in [0.15, 0.2) is 4.52 Å². The Kier molecular flexibility index (Phi) is 4.26. The molecule has 0 saturated carbocycles. The van der Waals surface area contributed by atoms with Gasteiger partial charge in [-0.1, -0.05) is 19.0 Å². The summed E-state index contributed by atoms with van der Waals surface area (Å²) >= 11 is 0. The van der Waals surface area contributed by atoms with Crippen molar-refractivity contribution in [3.8, 4) is 0 Å². The summed E-state index contributed by atoms with van der Waals surface area (Å²) < 4.78 is 37.5. The molecule has 3 rings (SSSR count). The predicted octanol–water partition coefficient (Wildman–Crippen LogP) is 1.03. The Hall–Kier alpha value is -0.990. The lowest BCUT2D eigenvalue weighted by Gasteiger charge is -2.30. The van der Waals surface area contributed by atoms with Crippen LogP contribution in [0.3, 0.4) is 0 Å². The fourth-order valence-electron chi connectivity index (χ4n) is 3.43. The Morgan fingerprint density at radius 3 is 2.73 bits per heavy atom. The van der Waals surface area contributed by atoms with Crippen molar-refractivity contribution >= 4 is 10.0 Å². The molecule has 8 heteroatoms. The van der Waals surface area contributed by atoms with Gasteiger partial charge < -0.3 is 9.26 Å². The van der Waals surface area contributed by atoms with Crippen LogP contribution >= 0.6 is 0 Å². The maximum Gasteiger partial charge on any atom is 0.232 e. The Balaban J connectivity index is 1.78. The maximum absolute atomic E-state index is 12.5. The molecule has 1 aromatic heterocycles. The van der Waals surface area contributed by atoms with Gasteiger partial charge in [0.25, 0.3) is 0 Å². The minimum absolute atomic E-state index is 0.0146. The zero-order chi connectivity index (χ0) is 15.9. The monoisotopic (exact) mass is 329 g/mol. The number of sulfonamides is 1. The standard InChI is InChI=1S/C14H23N3O4S/c1-9(2)8-22(18,19)17-4-11-6-20-7-13(12(11)5-17)14-15-10(3)16-21-14/h9,11-13H,4-8H2,1-3H3/t11-,12-,13+/m1/s1. The quantitative estimate of drug-likeness (QED) is 0.820. The highest BCUT2D eigenvalue weighted by Crippen LogP contribution is 2.40. The van der Waals surface area contributed by atoms with E-state index in [1.54, 1.807) is 11.2 Å². The molecule has 2 aliphatic rings. The zero-order valence-corrected chi connectivity index (χ0v) is 14.0. The van der Waals surface area contributed by atoms with Gasteiger partial charge in [0.05, 0.1) is 24.9 Å². The lowest BCUT2D eigenvalue weighted by atomic mass is 9.83. The second-order valence-corrected chi connectivity index (χ2v) is 8.75. The molecule has 22 heavy (non-hydrogen) atoms. The van der Waals surface area contributed by atoms with Gasteiger partial charge in [0.1, 0.15) is 0 Å². The summed E-state index contributed by atoms with van der Waals surface area (Å²) in [4.78, 5) is 4.30. The summed E-state index contributed by atoms with van der Waals surface area (Å²) in [7, 11) is -3.21. The summed E-state index contributed by atoms with van der Waals surface area (Å²) in [6.07, 6.45) is 0. The SMILES string of the molecule is Cc1noc([C@H]2COC[C@H]3CN(S(=O)(=O)CC(C)C)C[C@H]32)n1. The molecule has 2 fully saturated rings. The van der Waals surface area contributed by atoms with Gasteiger partial charge >= 0.3 is 0 Å². The molecular weight excluding hydrogens is 306 g/mol. The van der Waals surface area contributed by atoms with E-state index in [2.05, 4.69) is 10.1 Å². The first kappa shape index (κ1) is 15.9. The van der Waals surface area contributed by atoms with Crippen molar-refractivity contribution in [2.45, 2.75) is 26.7 Å². The third kappa shape index (κ3) is 3.04. The van der Waals surface area contributed by atoms with E-state index in [1.807, 2.05) is 13.8 Å². The molecule has 0 N–H and O–H groups in total. The van der Waals surface area contributed by atoms with Gasteiger partial charge in [0.2, 0.25) is 15.9 Å². The third-order valence-corrected chi connectivity index (χ3v) is 6.57. The van der Waals surface area contributed by atoms with Crippen LogP contribution in [0.2, 0.25) is 0 Å². The molecular formula is C14H23N3O4S. The fourth-order valence-corrected chi connectivity index (χ4v) is 5.30. The largest absolute Gasteiger partial charge is 0.380 e. The molecule has 1 aromatic rings. The normalized spacial score (nSPS) is 29.9. The van der Waals surface area contributed by atoms with Crippen molar-refractivity contribution in [2.75, 3.05) is 32.1 Å². The average molecular weight is 329 g/mol. The van der Waals surface area contributed by atoms with Gasteiger partial charge in [-0.05, 0) is 18.8 Å². The van der Waals surface area contributed by atoms with Gasteiger partial charge in [-0.3, -0.25) is 0 Å². The van der Waals surface area contributed by atoms with Crippen molar-refractivity contribution in [1.29, 1.82) is 0 Å². The van der Waals surface area contributed by atoms with Gasteiger partial charge in [0, 0.05) is 19.0 Å². The molecule has 124 valence electrons. The smallest absolute Gasteiger partial charge is 0.232 e. The van der Waals surface area contributed by atoms with Gasteiger partial charge in [-0.25, -0.2) is 12.7 Å². The van der Waals surface area contributed by atoms with Crippen molar-refractivity contribution in [1.82, 2.24) is 14.4 Å². The van der Waals surface area contributed by atoms with Crippen molar-refractivity contribution < 1.29 is 17.7 Å². The third-order valence-electron chi connectivity index (χ3n) is 4.40. The average Bonchev–Trinajstić information content (AvgIpc) is 3.02. The highest BCUT2D eigenvalue weighted by atomic mass is 32.2.